The summed E-state index contributed by atoms with van der Waals surface area (Å²) in [6.07, 6.45) is 7.70. The van der Waals surface area contributed by atoms with Crippen LogP contribution in [0.1, 0.15) is 72.1 Å². The fraction of sp³-hybridized carbons (Fsp3) is 0.875. The summed E-state index contributed by atoms with van der Waals surface area (Å²) in [6, 6.07) is 2.61. The predicted octanol–water partition coefficient (Wildman–Crippen LogP) is 3.70. The number of nitrogens with zero attached hydrogens (tertiary/aromatic N) is 1. The molecule has 1 spiro atoms. The van der Waals surface area contributed by atoms with Crippen molar-refractivity contribution in [3.8, 4) is 6.07 Å². The molecule has 1 aliphatic heterocycles. The Morgan fingerprint density at radius 1 is 1.07 bits per heavy atom. The van der Waals surface area contributed by atoms with Gasteiger partial charge in [0.15, 0.2) is 5.79 Å². The zero-order chi connectivity index (χ0) is 20.7. The van der Waals surface area contributed by atoms with Crippen molar-refractivity contribution in [2.24, 2.45) is 28.1 Å². The van der Waals surface area contributed by atoms with Crippen LogP contribution in [0.25, 0.3) is 0 Å². The third-order valence-corrected chi connectivity index (χ3v) is 9.25. The smallest absolute Gasteiger partial charge is 0.171 e. The summed E-state index contributed by atoms with van der Waals surface area (Å²) < 4.78 is 12.4. The van der Waals surface area contributed by atoms with Crippen molar-refractivity contribution in [1.82, 2.24) is 0 Å². The average molecular weight is 402 g/mol. The molecule has 0 aromatic carbocycles. The number of fused-ring (bicyclic) bond motifs is 5. The van der Waals surface area contributed by atoms with Gasteiger partial charge in [-0.2, -0.15) is 5.26 Å². The summed E-state index contributed by atoms with van der Waals surface area (Å²) >= 11 is 0. The highest BCUT2D eigenvalue weighted by Gasteiger charge is 2.67. The topological polar surface area (TPSA) is 82.7 Å². The van der Waals surface area contributed by atoms with E-state index in [2.05, 4.69) is 32.9 Å². The summed E-state index contributed by atoms with van der Waals surface area (Å²) in [5.74, 6) is -0.0526. The fourth-order valence-electron chi connectivity index (χ4n) is 7.35. The Balaban J connectivity index is 1.48. The molecule has 1 heterocycles. The van der Waals surface area contributed by atoms with E-state index in [9.17, 15) is 15.5 Å². The molecule has 4 fully saturated rings. The van der Waals surface area contributed by atoms with Gasteiger partial charge in [0.2, 0.25) is 0 Å². The fourth-order valence-corrected chi connectivity index (χ4v) is 7.35. The van der Waals surface area contributed by atoms with Crippen LogP contribution in [-0.4, -0.2) is 40.9 Å². The van der Waals surface area contributed by atoms with E-state index in [0.29, 0.717) is 50.7 Å². The quantitative estimate of drug-likeness (QED) is 0.605. The average Bonchev–Trinajstić information content (AvgIpc) is 2.99. The zero-order valence-electron chi connectivity index (χ0n) is 18.0. The zero-order valence-corrected chi connectivity index (χ0v) is 18.0. The van der Waals surface area contributed by atoms with Crippen molar-refractivity contribution >= 4 is 0 Å². The van der Waals surface area contributed by atoms with Crippen molar-refractivity contribution < 1.29 is 19.7 Å². The second kappa shape index (κ2) is 6.07. The van der Waals surface area contributed by atoms with Gasteiger partial charge in [0, 0.05) is 23.7 Å². The highest BCUT2D eigenvalue weighted by atomic mass is 16.7. The molecule has 0 aromatic heterocycles. The van der Waals surface area contributed by atoms with Crippen LogP contribution in [0.15, 0.2) is 11.6 Å². The van der Waals surface area contributed by atoms with E-state index < -0.39 is 16.8 Å². The van der Waals surface area contributed by atoms with Crippen LogP contribution in [0.3, 0.4) is 0 Å². The number of aliphatic hydroxyl groups is 2. The van der Waals surface area contributed by atoms with Gasteiger partial charge < -0.3 is 19.7 Å². The van der Waals surface area contributed by atoms with Crippen LogP contribution in [0.5, 0.6) is 0 Å². The lowest BCUT2D eigenvalue weighted by molar-refractivity contribution is -0.339. The lowest BCUT2D eigenvalue weighted by Crippen LogP contribution is -2.65. The molecule has 0 aromatic rings. The molecule has 0 amide bonds. The van der Waals surface area contributed by atoms with Gasteiger partial charge in [-0.1, -0.05) is 26.8 Å². The first kappa shape index (κ1) is 20.0. The van der Waals surface area contributed by atoms with Crippen molar-refractivity contribution in [2.75, 3.05) is 13.2 Å². The third-order valence-electron chi connectivity index (χ3n) is 9.25. The van der Waals surface area contributed by atoms with E-state index >= 15 is 0 Å². The molecule has 29 heavy (non-hydrogen) atoms. The Bertz CT molecular complexity index is 774. The molecule has 5 rings (SSSR count). The minimum Gasteiger partial charge on any atom is -0.393 e. The van der Waals surface area contributed by atoms with E-state index in [1.807, 2.05) is 0 Å². The number of nitriles is 1. The molecule has 5 heteroatoms. The van der Waals surface area contributed by atoms with Gasteiger partial charge in [-0.15, -0.1) is 0 Å². The van der Waals surface area contributed by atoms with Gasteiger partial charge in [0.25, 0.3) is 0 Å². The summed E-state index contributed by atoms with van der Waals surface area (Å²) in [6.45, 7) is 7.70. The molecule has 160 valence electrons. The Morgan fingerprint density at radius 3 is 2.48 bits per heavy atom. The molecule has 3 saturated carbocycles. The summed E-state index contributed by atoms with van der Waals surface area (Å²) in [4.78, 5) is 0. The SMILES string of the molecule is CC1(C)COC2(CC[C@]3(C#N)C4=CC[C@@]5(C)[C@@H](O)CC[C@H]5[C@@H]4CC[C@@]3(O)C2)OC1. The van der Waals surface area contributed by atoms with Crippen molar-refractivity contribution in [1.29, 1.82) is 5.26 Å². The first-order valence-corrected chi connectivity index (χ1v) is 11.4. The molecule has 4 aliphatic carbocycles. The standard InChI is InChI=1S/C24H35NO4/c1-20(2)14-28-24(29-15-20)11-10-22(13-25)18-7-8-21(3)17(4-5-19(21)26)16(18)6-9-23(22,27)12-24/h7,16-17,19,26-27H,4-6,8-12,14-15H2,1-3H3/t16-,17-,19-,21+,22-,23+/m0/s1. The molecule has 0 radical (unpaired) electrons. The Morgan fingerprint density at radius 2 is 1.79 bits per heavy atom. The number of ether oxygens (including phenoxy) is 2. The largest absolute Gasteiger partial charge is 0.393 e. The number of hydrogen-bond donors (Lipinski definition) is 2. The van der Waals surface area contributed by atoms with E-state index in [1.165, 1.54) is 0 Å². The molecule has 1 saturated heterocycles. The third kappa shape index (κ3) is 2.59. The lowest BCUT2D eigenvalue weighted by Gasteiger charge is -2.61. The van der Waals surface area contributed by atoms with Gasteiger partial charge in [0.1, 0.15) is 5.41 Å². The van der Waals surface area contributed by atoms with Gasteiger partial charge in [-0.25, -0.2) is 0 Å². The van der Waals surface area contributed by atoms with Gasteiger partial charge in [-0.05, 0) is 55.9 Å². The van der Waals surface area contributed by atoms with Crippen molar-refractivity contribution in [3.05, 3.63) is 11.6 Å². The van der Waals surface area contributed by atoms with Gasteiger partial charge in [0.05, 0.1) is 31.0 Å². The monoisotopic (exact) mass is 401 g/mol. The van der Waals surface area contributed by atoms with Crippen LogP contribution in [0.2, 0.25) is 0 Å². The molecule has 2 N–H and O–H groups in total. The molecule has 0 unspecified atom stereocenters. The molecular weight excluding hydrogens is 366 g/mol. The van der Waals surface area contributed by atoms with E-state index in [1.54, 1.807) is 0 Å². The number of rotatable bonds is 0. The summed E-state index contributed by atoms with van der Waals surface area (Å²) in [5, 5.41) is 32.9. The Hall–Kier alpha value is -0.930. The Kier molecular flexibility index (Phi) is 4.18. The number of allylic oxidation sites excluding steroid dienone is 1. The van der Waals surface area contributed by atoms with E-state index in [4.69, 9.17) is 9.47 Å². The maximum absolute atomic E-state index is 11.9. The molecule has 5 aliphatic rings. The molecular formula is C24H35NO4. The van der Waals surface area contributed by atoms with Gasteiger partial charge in [-0.3, -0.25) is 0 Å². The Labute approximate surface area is 174 Å². The summed E-state index contributed by atoms with van der Waals surface area (Å²) in [7, 11) is 0. The lowest BCUT2D eigenvalue weighted by atomic mass is 9.47. The first-order valence-electron chi connectivity index (χ1n) is 11.4. The molecule has 6 atom stereocenters. The number of hydrogen-bond acceptors (Lipinski definition) is 5. The molecule has 5 nitrogen and oxygen atoms in total. The minimum atomic E-state index is -1.12. The highest BCUT2D eigenvalue weighted by Crippen LogP contribution is 2.66. The first-order chi connectivity index (χ1) is 13.6. The summed E-state index contributed by atoms with van der Waals surface area (Å²) in [5.41, 5.74) is -0.923. The van der Waals surface area contributed by atoms with Crippen molar-refractivity contribution in [3.63, 3.8) is 0 Å². The van der Waals surface area contributed by atoms with Crippen LogP contribution in [0, 0.1) is 39.4 Å². The van der Waals surface area contributed by atoms with E-state index in [0.717, 1.165) is 31.3 Å². The van der Waals surface area contributed by atoms with Gasteiger partial charge >= 0.3 is 0 Å². The minimum absolute atomic E-state index is 0.0189. The highest BCUT2D eigenvalue weighted by molar-refractivity contribution is 5.39. The maximum atomic E-state index is 11.9. The van der Waals surface area contributed by atoms with Crippen LogP contribution in [-0.2, 0) is 9.47 Å². The van der Waals surface area contributed by atoms with Crippen LogP contribution in [0.4, 0.5) is 0 Å². The second-order valence-electron chi connectivity index (χ2n) is 11.6. The van der Waals surface area contributed by atoms with E-state index in [-0.39, 0.29) is 16.9 Å². The normalized spacial score (nSPS) is 50.1. The maximum Gasteiger partial charge on any atom is 0.171 e. The molecule has 0 bridgehead atoms. The van der Waals surface area contributed by atoms with Crippen LogP contribution >= 0.6 is 0 Å². The predicted molar refractivity (Wildman–Crippen MR) is 108 cm³/mol. The number of aliphatic hydroxyl groups excluding tert-OH is 1. The van der Waals surface area contributed by atoms with Crippen molar-refractivity contribution in [2.45, 2.75) is 89.6 Å². The second-order valence-corrected chi connectivity index (χ2v) is 11.6. The van der Waals surface area contributed by atoms with Crippen LogP contribution < -0.4 is 0 Å².